The largest absolute Gasteiger partial charge is 0.497 e. The Labute approximate surface area is 215 Å². The molecular formula is C26H31N3O6S. The number of carbonyl (C=O) groups excluding carboxylic acids is 3. The van der Waals surface area contributed by atoms with Gasteiger partial charge in [0.15, 0.2) is 5.17 Å². The lowest BCUT2D eigenvalue weighted by atomic mass is 9.93. The number of amides is 1. The van der Waals surface area contributed by atoms with E-state index in [4.69, 9.17) is 14.2 Å². The Balaban J connectivity index is 1.60. The Hall–Kier alpha value is -3.27. The lowest BCUT2D eigenvalue weighted by molar-refractivity contribution is -0.151. The molecule has 3 aliphatic rings. The van der Waals surface area contributed by atoms with Crippen LogP contribution < -0.4 is 4.74 Å². The lowest BCUT2D eigenvalue weighted by Crippen LogP contribution is -2.44. The fourth-order valence-corrected chi connectivity index (χ4v) is 5.73. The van der Waals surface area contributed by atoms with Crippen molar-refractivity contribution in [2.45, 2.75) is 39.2 Å². The molecule has 0 spiro atoms. The Morgan fingerprint density at radius 1 is 1.17 bits per heavy atom. The molecule has 2 atom stereocenters. The van der Waals surface area contributed by atoms with Crippen LogP contribution in [0.5, 0.6) is 5.75 Å². The molecule has 36 heavy (non-hydrogen) atoms. The third-order valence-electron chi connectivity index (χ3n) is 6.56. The van der Waals surface area contributed by atoms with Crippen LogP contribution in [0.3, 0.4) is 0 Å². The first-order valence-corrected chi connectivity index (χ1v) is 12.9. The summed E-state index contributed by atoms with van der Waals surface area (Å²) < 4.78 is 15.6. The van der Waals surface area contributed by atoms with E-state index in [1.807, 2.05) is 34.6 Å². The fraction of sp³-hybridized carbons (Fsp3) is 0.462. The van der Waals surface area contributed by atoms with Crippen molar-refractivity contribution >= 4 is 34.8 Å². The molecule has 0 aliphatic carbocycles. The maximum absolute atomic E-state index is 13.4. The molecule has 1 fully saturated rings. The van der Waals surface area contributed by atoms with Gasteiger partial charge in [-0.3, -0.25) is 9.59 Å². The predicted molar refractivity (Wildman–Crippen MR) is 136 cm³/mol. The Morgan fingerprint density at radius 3 is 2.58 bits per heavy atom. The summed E-state index contributed by atoms with van der Waals surface area (Å²) >= 11 is 1.42. The van der Waals surface area contributed by atoms with E-state index in [0.717, 1.165) is 24.1 Å². The molecule has 0 saturated carbocycles. The number of ether oxygens (including phenoxy) is 3. The quantitative estimate of drug-likeness (QED) is 0.510. The number of fused-ring (bicyclic) bond motifs is 1. The van der Waals surface area contributed by atoms with E-state index < -0.39 is 12.0 Å². The third kappa shape index (κ3) is 5.13. The van der Waals surface area contributed by atoms with E-state index in [1.165, 1.54) is 18.9 Å². The van der Waals surface area contributed by atoms with Crippen LogP contribution in [-0.2, 0) is 23.9 Å². The second-order valence-corrected chi connectivity index (χ2v) is 9.60. The molecule has 9 nitrogen and oxygen atoms in total. The predicted octanol–water partition coefficient (Wildman–Crippen LogP) is 3.63. The highest BCUT2D eigenvalue weighted by atomic mass is 32.2. The molecule has 1 aromatic carbocycles. The summed E-state index contributed by atoms with van der Waals surface area (Å²) in [6.45, 7) is 4.86. The van der Waals surface area contributed by atoms with Crippen LogP contribution in [0.25, 0.3) is 0 Å². The topological polar surface area (TPSA) is 97.7 Å². The van der Waals surface area contributed by atoms with Gasteiger partial charge in [-0.25, -0.2) is 9.79 Å². The third-order valence-corrected chi connectivity index (χ3v) is 7.45. The molecule has 192 valence electrons. The highest BCUT2D eigenvalue weighted by Crippen LogP contribution is 2.45. The Morgan fingerprint density at radius 2 is 1.92 bits per heavy atom. The van der Waals surface area contributed by atoms with E-state index in [0.29, 0.717) is 41.9 Å². The van der Waals surface area contributed by atoms with E-state index >= 15 is 0 Å². The van der Waals surface area contributed by atoms with Gasteiger partial charge >= 0.3 is 11.9 Å². The minimum Gasteiger partial charge on any atom is -0.497 e. The van der Waals surface area contributed by atoms with Gasteiger partial charge in [-0.2, -0.15) is 0 Å². The summed E-state index contributed by atoms with van der Waals surface area (Å²) in [4.78, 5) is 46.8. The fourth-order valence-electron chi connectivity index (χ4n) is 4.77. The molecule has 0 radical (unpaired) electrons. The average Bonchev–Trinajstić information content (AvgIpc) is 3.29. The van der Waals surface area contributed by atoms with Crippen LogP contribution in [0.4, 0.5) is 0 Å². The molecular weight excluding hydrogens is 482 g/mol. The van der Waals surface area contributed by atoms with E-state index in [-0.39, 0.29) is 24.2 Å². The highest BCUT2D eigenvalue weighted by molar-refractivity contribution is 8.16. The zero-order valence-electron chi connectivity index (χ0n) is 21.0. The monoisotopic (exact) mass is 513 g/mol. The zero-order chi connectivity index (χ0) is 25.8. The van der Waals surface area contributed by atoms with Crippen LogP contribution in [-0.4, -0.2) is 66.7 Å². The second kappa shape index (κ2) is 11.2. The number of allylic oxidation sites excluding steroid dienone is 1. The number of methoxy groups -OCH3 is 2. The van der Waals surface area contributed by atoms with Crippen molar-refractivity contribution in [3.8, 4) is 5.75 Å². The number of aliphatic imine (C=N–C) groups is 1. The molecule has 3 heterocycles. The van der Waals surface area contributed by atoms with E-state index in [1.54, 1.807) is 25.9 Å². The molecule has 1 aromatic rings. The molecule has 1 saturated heterocycles. The summed E-state index contributed by atoms with van der Waals surface area (Å²) in [6, 6.07) is 6.98. The van der Waals surface area contributed by atoms with Gasteiger partial charge in [0.25, 0.3) is 0 Å². The van der Waals surface area contributed by atoms with Gasteiger partial charge in [-0.1, -0.05) is 23.9 Å². The van der Waals surface area contributed by atoms with Gasteiger partial charge in [0.2, 0.25) is 5.91 Å². The normalized spacial score (nSPS) is 21.4. The summed E-state index contributed by atoms with van der Waals surface area (Å²) in [6.07, 6.45) is 1.60. The number of benzene rings is 1. The van der Waals surface area contributed by atoms with Crippen molar-refractivity contribution in [1.82, 2.24) is 9.80 Å². The van der Waals surface area contributed by atoms with Gasteiger partial charge in [-0.05, 0) is 49.8 Å². The van der Waals surface area contributed by atoms with Gasteiger partial charge in [0.05, 0.1) is 50.5 Å². The number of thioether (sulfide) groups is 1. The standard InChI is InChI=1S/C26H31N3O6S/c1-5-35-24(31)18-7-6-12-28(14-18)21(30)13-19-15-36-26-27-16(2)22(25(32)34-4)23(29(19)26)17-8-10-20(33-3)11-9-17/h8-11,15,18,23H,5-7,12-14H2,1-4H3/t18-,23+/m1/s1. The average molecular weight is 514 g/mol. The molecule has 4 rings (SSSR count). The maximum atomic E-state index is 13.4. The van der Waals surface area contributed by atoms with Crippen molar-refractivity contribution in [3.05, 3.63) is 52.2 Å². The number of hydrogen-bond acceptors (Lipinski definition) is 9. The SMILES string of the molecule is CCOC(=O)[C@@H]1CCCN(C(=O)CC2=CSC3=NC(C)=C(C(=O)OC)[C@H](c4ccc(OC)cc4)N23)C1. The summed E-state index contributed by atoms with van der Waals surface area (Å²) in [5.74, 6) is -0.389. The van der Waals surface area contributed by atoms with Gasteiger partial charge in [-0.15, -0.1) is 0 Å². The van der Waals surface area contributed by atoms with Crippen molar-refractivity contribution < 1.29 is 28.6 Å². The van der Waals surface area contributed by atoms with Crippen molar-refractivity contribution in [3.63, 3.8) is 0 Å². The number of likely N-dealkylation sites (tertiary alicyclic amines) is 1. The molecule has 0 N–H and O–H groups in total. The minimum absolute atomic E-state index is 0.0727. The van der Waals surface area contributed by atoms with Crippen molar-refractivity contribution in [2.75, 3.05) is 33.9 Å². The summed E-state index contributed by atoms with van der Waals surface area (Å²) in [7, 11) is 2.95. The minimum atomic E-state index is -0.501. The number of piperidine rings is 1. The summed E-state index contributed by atoms with van der Waals surface area (Å²) in [5.41, 5.74) is 2.60. The number of amidine groups is 1. The number of esters is 2. The highest BCUT2D eigenvalue weighted by Gasteiger charge is 2.41. The Kier molecular flexibility index (Phi) is 8.03. The number of hydrogen-bond donors (Lipinski definition) is 0. The zero-order valence-corrected chi connectivity index (χ0v) is 21.8. The van der Waals surface area contributed by atoms with Gasteiger partial charge in [0, 0.05) is 18.8 Å². The van der Waals surface area contributed by atoms with Crippen LogP contribution in [0.2, 0.25) is 0 Å². The smallest absolute Gasteiger partial charge is 0.338 e. The van der Waals surface area contributed by atoms with Gasteiger partial charge in [0.1, 0.15) is 5.75 Å². The first-order chi connectivity index (χ1) is 17.4. The summed E-state index contributed by atoms with van der Waals surface area (Å²) in [5, 5.41) is 2.61. The first kappa shape index (κ1) is 25.8. The van der Waals surface area contributed by atoms with E-state index in [9.17, 15) is 14.4 Å². The van der Waals surface area contributed by atoms with Crippen LogP contribution in [0.15, 0.2) is 51.6 Å². The number of nitrogens with zero attached hydrogens (tertiary/aromatic N) is 3. The molecule has 3 aliphatic heterocycles. The molecule has 0 unspecified atom stereocenters. The van der Waals surface area contributed by atoms with Crippen LogP contribution in [0, 0.1) is 5.92 Å². The molecule has 1 amide bonds. The second-order valence-electron chi connectivity index (χ2n) is 8.77. The van der Waals surface area contributed by atoms with Crippen molar-refractivity contribution in [2.24, 2.45) is 10.9 Å². The Bertz CT molecular complexity index is 1130. The number of rotatable bonds is 7. The molecule has 0 aromatic heterocycles. The van der Waals surface area contributed by atoms with Gasteiger partial charge < -0.3 is 24.0 Å². The van der Waals surface area contributed by atoms with E-state index in [2.05, 4.69) is 4.99 Å². The molecule has 0 bridgehead atoms. The first-order valence-electron chi connectivity index (χ1n) is 12.0. The van der Waals surface area contributed by atoms with Crippen molar-refractivity contribution in [1.29, 1.82) is 0 Å². The van der Waals surface area contributed by atoms with Crippen LogP contribution in [0.1, 0.15) is 44.7 Å². The van der Waals surface area contributed by atoms with Crippen LogP contribution >= 0.6 is 11.8 Å². The number of carbonyl (C=O) groups is 3. The lowest BCUT2D eigenvalue weighted by Gasteiger charge is -2.37. The molecule has 10 heteroatoms. The maximum Gasteiger partial charge on any atom is 0.338 e.